The molecule has 0 fully saturated rings. The molecule has 1 N–H and O–H groups in total. The van der Waals surface area contributed by atoms with Crippen LogP contribution in [-0.4, -0.2) is 19.7 Å². The molecule has 0 radical (unpaired) electrons. The normalized spacial score (nSPS) is 9.90. The van der Waals surface area contributed by atoms with Gasteiger partial charge in [0.25, 0.3) is 0 Å². The van der Waals surface area contributed by atoms with Gasteiger partial charge >= 0.3 is 5.97 Å². The van der Waals surface area contributed by atoms with Crippen LogP contribution in [0.2, 0.25) is 0 Å². The second-order valence-corrected chi connectivity index (χ2v) is 4.12. The first-order valence-electron chi connectivity index (χ1n) is 6.42. The molecule has 0 amide bonds. The average molecular weight is 271 g/mol. The van der Waals surface area contributed by atoms with E-state index >= 15 is 0 Å². The lowest BCUT2D eigenvalue weighted by Gasteiger charge is -2.11. The zero-order valence-corrected chi connectivity index (χ0v) is 11.6. The molecule has 0 spiro atoms. The highest BCUT2D eigenvalue weighted by Gasteiger charge is 2.10. The van der Waals surface area contributed by atoms with Crippen LogP contribution in [0.1, 0.15) is 17.3 Å². The summed E-state index contributed by atoms with van der Waals surface area (Å²) in [6.45, 7) is 2.58. The summed E-state index contributed by atoms with van der Waals surface area (Å²) in [6.07, 6.45) is 0. The molecule has 0 unspecified atom stereocenters. The Morgan fingerprint density at radius 2 is 1.80 bits per heavy atom. The maximum atomic E-state index is 11.7. The highest BCUT2D eigenvalue weighted by molar-refractivity contribution is 5.96. The number of anilines is 2. The van der Waals surface area contributed by atoms with Crippen molar-refractivity contribution < 1.29 is 14.3 Å². The summed E-state index contributed by atoms with van der Waals surface area (Å²) in [5.41, 5.74) is 2.09. The molecule has 4 heteroatoms. The molecule has 0 aliphatic rings. The van der Waals surface area contributed by atoms with Crippen molar-refractivity contribution in [1.29, 1.82) is 0 Å². The SMILES string of the molecule is CCOc1ccc(Nc2ccccc2C(=O)OC)cc1. The van der Waals surface area contributed by atoms with Gasteiger partial charge in [-0.3, -0.25) is 0 Å². The molecule has 104 valence electrons. The molecule has 0 atom stereocenters. The number of ether oxygens (including phenoxy) is 2. The van der Waals surface area contributed by atoms with E-state index in [1.165, 1.54) is 7.11 Å². The monoisotopic (exact) mass is 271 g/mol. The summed E-state index contributed by atoms with van der Waals surface area (Å²) in [6, 6.07) is 14.8. The zero-order valence-electron chi connectivity index (χ0n) is 11.6. The third kappa shape index (κ3) is 3.29. The Morgan fingerprint density at radius 1 is 1.10 bits per heavy atom. The molecule has 2 aromatic rings. The van der Waals surface area contributed by atoms with Crippen molar-refractivity contribution in [1.82, 2.24) is 0 Å². The summed E-state index contributed by atoms with van der Waals surface area (Å²) in [7, 11) is 1.37. The average Bonchev–Trinajstić information content (AvgIpc) is 2.49. The summed E-state index contributed by atoms with van der Waals surface area (Å²) >= 11 is 0. The van der Waals surface area contributed by atoms with Gasteiger partial charge in [0.1, 0.15) is 5.75 Å². The van der Waals surface area contributed by atoms with E-state index in [1.54, 1.807) is 12.1 Å². The largest absolute Gasteiger partial charge is 0.494 e. The highest BCUT2D eigenvalue weighted by Crippen LogP contribution is 2.23. The number of esters is 1. The maximum Gasteiger partial charge on any atom is 0.339 e. The number of hydrogen-bond donors (Lipinski definition) is 1. The number of rotatable bonds is 5. The van der Waals surface area contributed by atoms with E-state index in [2.05, 4.69) is 5.32 Å². The summed E-state index contributed by atoms with van der Waals surface area (Å²) in [5.74, 6) is 0.457. The quantitative estimate of drug-likeness (QED) is 0.844. The van der Waals surface area contributed by atoms with Crippen molar-refractivity contribution in [3.63, 3.8) is 0 Å². The Hall–Kier alpha value is -2.49. The van der Waals surface area contributed by atoms with Gasteiger partial charge in [-0.05, 0) is 43.3 Å². The Morgan fingerprint density at radius 3 is 2.45 bits per heavy atom. The first-order valence-corrected chi connectivity index (χ1v) is 6.42. The van der Waals surface area contributed by atoms with E-state index in [-0.39, 0.29) is 5.97 Å². The van der Waals surface area contributed by atoms with Crippen molar-refractivity contribution in [2.24, 2.45) is 0 Å². The van der Waals surface area contributed by atoms with E-state index in [9.17, 15) is 4.79 Å². The third-order valence-electron chi connectivity index (χ3n) is 2.78. The fraction of sp³-hybridized carbons (Fsp3) is 0.188. The summed E-state index contributed by atoms with van der Waals surface area (Å²) in [5, 5.41) is 3.20. The molecule has 0 bridgehead atoms. The molecular formula is C16H17NO3. The van der Waals surface area contributed by atoms with E-state index in [0.29, 0.717) is 17.9 Å². The van der Waals surface area contributed by atoms with Crippen molar-refractivity contribution in [2.45, 2.75) is 6.92 Å². The van der Waals surface area contributed by atoms with Crippen molar-refractivity contribution in [3.8, 4) is 5.75 Å². The second kappa shape index (κ2) is 6.61. The number of carbonyl (C=O) groups excluding carboxylic acids is 1. The Bertz CT molecular complexity index is 579. The predicted molar refractivity (Wildman–Crippen MR) is 78.7 cm³/mol. The Balaban J connectivity index is 2.19. The Kier molecular flexibility index (Phi) is 4.60. The number of carbonyl (C=O) groups is 1. The van der Waals surface area contributed by atoms with Crippen LogP contribution in [0.15, 0.2) is 48.5 Å². The number of para-hydroxylation sites is 1. The molecule has 2 aromatic carbocycles. The van der Waals surface area contributed by atoms with E-state index in [1.807, 2.05) is 43.3 Å². The zero-order chi connectivity index (χ0) is 14.4. The smallest absolute Gasteiger partial charge is 0.339 e. The van der Waals surface area contributed by atoms with Crippen LogP contribution in [0.25, 0.3) is 0 Å². The topological polar surface area (TPSA) is 47.6 Å². The molecular weight excluding hydrogens is 254 g/mol. The number of methoxy groups -OCH3 is 1. The van der Waals surface area contributed by atoms with Gasteiger partial charge in [-0.1, -0.05) is 12.1 Å². The minimum atomic E-state index is -0.362. The fourth-order valence-electron chi connectivity index (χ4n) is 1.84. The lowest BCUT2D eigenvalue weighted by atomic mass is 10.1. The predicted octanol–water partition coefficient (Wildman–Crippen LogP) is 3.62. The van der Waals surface area contributed by atoms with Crippen LogP contribution in [0.3, 0.4) is 0 Å². The third-order valence-corrected chi connectivity index (χ3v) is 2.78. The van der Waals surface area contributed by atoms with Gasteiger partial charge < -0.3 is 14.8 Å². The van der Waals surface area contributed by atoms with Gasteiger partial charge in [-0.2, -0.15) is 0 Å². The maximum absolute atomic E-state index is 11.7. The van der Waals surface area contributed by atoms with Gasteiger partial charge in [0, 0.05) is 5.69 Å². The van der Waals surface area contributed by atoms with Crippen LogP contribution < -0.4 is 10.1 Å². The van der Waals surface area contributed by atoms with Crippen LogP contribution in [-0.2, 0) is 4.74 Å². The van der Waals surface area contributed by atoms with E-state index < -0.39 is 0 Å². The molecule has 20 heavy (non-hydrogen) atoms. The van der Waals surface area contributed by atoms with Crippen LogP contribution in [0.5, 0.6) is 5.75 Å². The molecule has 0 heterocycles. The summed E-state index contributed by atoms with van der Waals surface area (Å²) < 4.78 is 10.2. The van der Waals surface area contributed by atoms with E-state index in [4.69, 9.17) is 9.47 Å². The van der Waals surface area contributed by atoms with Gasteiger partial charge in [-0.25, -0.2) is 4.79 Å². The molecule has 0 aromatic heterocycles. The van der Waals surface area contributed by atoms with Gasteiger partial charge in [0.15, 0.2) is 0 Å². The molecule has 4 nitrogen and oxygen atoms in total. The van der Waals surface area contributed by atoms with Crippen LogP contribution in [0, 0.1) is 0 Å². The molecule has 0 aliphatic carbocycles. The number of benzene rings is 2. The van der Waals surface area contributed by atoms with Gasteiger partial charge in [-0.15, -0.1) is 0 Å². The second-order valence-electron chi connectivity index (χ2n) is 4.12. The first-order chi connectivity index (χ1) is 9.74. The molecule has 0 saturated carbocycles. The van der Waals surface area contributed by atoms with Crippen molar-refractivity contribution in [3.05, 3.63) is 54.1 Å². The Labute approximate surface area is 118 Å². The molecule has 2 rings (SSSR count). The van der Waals surface area contributed by atoms with Crippen LogP contribution in [0.4, 0.5) is 11.4 Å². The number of hydrogen-bond acceptors (Lipinski definition) is 4. The standard InChI is InChI=1S/C16H17NO3/c1-3-20-13-10-8-12(9-11-13)17-15-7-5-4-6-14(15)16(18)19-2/h4-11,17H,3H2,1-2H3. The van der Waals surface area contributed by atoms with Crippen molar-refractivity contribution in [2.75, 3.05) is 19.0 Å². The fourth-order valence-corrected chi connectivity index (χ4v) is 1.84. The van der Waals surface area contributed by atoms with Gasteiger partial charge in [0.2, 0.25) is 0 Å². The lowest BCUT2D eigenvalue weighted by molar-refractivity contribution is 0.0602. The highest BCUT2D eigenvalue weighted by atomic mass is 16.5. The molecule has 0 aliphatic heterocycles. The lowest BCUT2D eigenvalue weighted by Crippen LogP contribution is -2.05. The minimum Gasteiger partial charge on any atom is -0.494 e. The first kappa shape index (κ1) is 13.9. The summed E-state index contributed by atoms with van der Waals surface area (Å²) in [4.78, 5) is 11.7. The number of nitrogens with one attached hydrogen (secondary N) is 1. The molecule has 0 saturated heterocycles. The van der Waals surface area contributed by atoms with Crippen molar-refractivity contribution >= 4 is 17.3 Å². The van der Waals surface area contributed by atoms with E-state index in [0.717, 1.165) is 11.4 Å². The van der Waals surface area contributed by atoms with Gasteiger partial charge in [0.05, 0.1) is 25.0 Å². The van der Waals surface area contributed by atoms with Crippen LogP contribution >= 0.6 is 0 Å². The minimum absolute atomic E-state index is 0.362.